The van der Waals surface area contributed by atoms with Crippen LogP contribution < -0.4 is 5.73 Å². The second-order valence-corrected chi connectivity index (χ2v) is 3.29. The van der Waals surface area contributed by atoms with Crippen molar-refractivity contribution >= 4 is 28.4 Å². The van der Waals surface area contributed by atoms with Gasteiger partial charge < -0.3 is 5.73 Å². The minimum Gasteiger partial charge on any atom is -0.397 e. The SMILES string of the molecule is NC1=C2C=C(Br)C=N[C@@H]2N=C1. The molecule has 0 aromatic heterocycles. The van der Waals surface area contributed by atoms with Crippen LogP contribution >= 0.6 is 15.9 Å². The Balaban J connectivity index is 2.46. The summed E-state index contributed by atoms with van der Waals surface area (Å²) in [6, 6.07) is 0. The molecule has 56 valence electrons. The normalized spacial score (nSPS) is 27.4. The number of hydrogen-bond acceptors (Lipinski definition) is 3. The quantitative estimate of drug-likeness (QED) is 0.639. The van der Waals surface area contributed by atoms with E-state index in [-0.39, 0.29) is 6.17 Å². The fourth-order valence-electron chi connectivity index (χ4n) is 1.06. The van der Waals surface area contributed by atoms with Crippen molar-refractivity contribution in [2.24, 2.45) is 15.7 Å². The van der Waals surface area contributed by atoms with Gasteiger partial charge in [-0.1, -0.05) is 0 Å². The van der Waals surface area contributed by atoms with Gasteiger partial charge in [-0.05, 0) is 22.0 Å². The molecule has 2 rings (SSSR count). The minimum atomic E-state index is -0.0868. The van der Waals surface area contributed by atoms with Crippen molar-refractivity contribution in [1.82, 2.24) is 0 Å². The molecular weight excluding hydrogens is 206 g/mol. The van der Waals surface area contributed by atoms with E-state index >= 15 is 0 Å². The van der Waals surface area contributed by atoms with Gasteiger partial charge in [-0.2, -0.15) is 0 Å². The lowest BCUT2D eigenvalue weighted by Crippen LogP contribution is -2.08. The summed E-state index contributed by atoms with van der Waals surface area (Å²) in [5.41, 5.74) is 7.34. The number of hydrogen-bond donors (Lipinski definition) is 1. The molecule has 0 fully saturated rings. The number of dihydropyridines is 1. The van der Waals surface area contributed by atoms with Crippen LogP contribution in [-0.2, 0) is 0 Å². The Morgan fingerprint density at radius 3 is 2.91 bits per heavy atom. The Hall–Kier alpha value is -0.900. The highest BCUT2D eigenvalue weighted by molar-refractivity contribution is 9.12. The van der Waals surface area contributed by atoms with Gasteiger partial charge in [-0.25, -0.2) is 0 Å². The number of allylic oxidation sites excluding steroid dienone is 2. The van der Waals surface area contributed by atoms with Crippen LogP contribution in [0.15, 0.2) is 31.8 Å². The molecule has 2 aliphatic heterocycles. The van der Waals surface area contributed by atoms with Gasteiger partial charge in [0.05, 0.1) is 5.70 Å². The lowest BCUT2D eigenvalue weighted by Gasteiger charge is -2.08. The maximum atomic E-state index is 5.64. The number of aliphatic imine (C=N–C) groups is 2. The van der Waals surface area contributed by atoms with Crippen molar-refractivity contribution in [3.05, 3.63) is 21.8 Å². The van der Waals surface area contributed by atoms with Crippen LogP contribution in [0.2, 0.25) is 0 Å². The van der Waals surface area contributed by atoms with Gasteiger partial charge in [0, 0.05) is 22.5 Å². The fraction of sp³-hybridized carbons (Fsp3) is 0.143. The first-order valence-corrected chi connectivity index (χ1v) is 4.00. The lowest BCUT2D eigenvalue weighted by molar-refractivity contribution is 0.859. The van der Waals surface area contributed by atoms with Crippen LogP contribution in [-0.4, -0.2) is 18.6 Å². The van der Waals surface area contributed by atoms with Crippen molar-refractivity contribution in [2.75, 3.05) is 0 Å². The summed E-state index contributed by atoms with van der Waals surface area (Å²) in [7, 11) is 0. The average Bonchev–Trinajstić information content (AvgIpc) is 2.33. The van der Waals surface area contributed by atoms with Gasteiger partial charge in [0.15, 0.2) is 6.17 Å². The van der Waals surface area contributed by atoms with E-state index in [0.717, 1.165) is 10.1 Å². The molecule has 2 heterocycles. The van der Waals surface area contributed by atoms with Crippen molar-refractivity contribution in [3.63, 3.8) is 0 Å². The molecule has 0 amide bonds. The first kappa shape index (κ1) is 6.79. The highest BCUT2D eigenvalue weighted by Gasteiger charge is 2.19. The average molecular weight is 212 g/mol. The van der Waals surface area contributed by atoms with Crippen LogP contribution in [0.4, 0.5) is 0 Å². The maximum Gasteiger partial charge on any atom is 0.167 e. The zero-order valence-corrected chi connectivity index (χ0v) is 7.25. The molecule has 11 heavy (non-hydrogen) atoms. The van der Waals surface area contributed by atoms with Crippen LogP contribution in [0.3, 0.4) is 0 Å². The molecule has 0 saturated carbocycles. The molecular formula is C7H6BrN3. The van der Waals surface area contributed by atoms with E-state index in [9.17, 15) is 0 Å². The second-order valence-electron chi connectivity index (χ2n) is 2.37. The van der Waals surface area contributed by atoms with Gasteiger partial charge in [0.1, 0.15) is 0 Å². The van der Waals surface area contributed by atoms with E-state index in [1.807, 2.05) is 6.08 Å². The summed E-state index contributed by atoms with van der Waals surface area (Å²) in [6.45, 7) is 0. The van der Waals surface area contributed by atoms with Gasteiger partial charge in [0.2, 0.25) is 0 Å². The number of fused-ring (bicyclic) bond motifs is 1. The number of nitrogens with two attached hydrogens (primary N) is 1. The third-order valence-corrected chi connectivity index (χ3v) is 2.03. The Morgan fingerprint density at radius 1 is 1.36 bits per heavy atom. The number of halogens is 1. The molecule has 0 bridgehead atoms. The van der Waals surface area contributed by atoms with Gasteiger partial charge in [0.25, 0.3) is 0 Å². The fourth-order valence-corrected chi connectivity index (χ4v) is 1.42. The Labute approximate surface area is 72.5 Å². The van der Waals surface area contributed by atoms with Crippen LogP contribution in [0.1, 0.15) is 0 Å². The summed E-state index contributed by atoms with van der Waals surface area (Å²) in [6.07, 6.45) is 5.25. The largest absolute Gasteiger partial charge is 0.397 e. The first-order valence-electron chi connectivity index (χ1n) is 3.20. The molecule has 0 radical (unpaired) electrons. The Morgan fingerprint density at radius 2 is 2.09 bits per heavy atom. The molecule has 0 unspecified atom stereocenters. The zero-order valence-electron chi connectivity index (χ0n) is 5.66. The van der Waals surface area contributed by atoms with Crippen LogP contribution in [0, 0.1) is 0 Å². The van der Waals surface area contributed by atoms with Gasteiger partial charge in [-0.15, -0.1) is 0 Å². The first-order chi connectivity index (χ1) is 5.27. The standard InChI is InChI=1S/C7H6BrN3/c8-4-1-5-6(9)3-11-7(5)10-2-4/h1-3,7H,9H2/t7-/m1/s1. The third kappa shape index (κ3) is 1.03. The zero-order chi connectivity index (χ0) is 7.84. The van der Waals surface area contributed by atoms with E-state index in [2.05, 4.69) is 25.9 Å². The highest BCUT2D eigenvalue weighted by atomic mass is 79.9. The minimum absolute atomic E-state index is 0.0868. The summed E-state index contributed by atoms with van der Waals surface area (Å²) in [4.78, 5) is 8.23. The van der Waals surface area contributed by atoms with E-state index in [0.29, 0.717) is 5.70 Å². The van der Waals surface area contributed by atoms with E-state index in [1.54, 1.807) is 12.4 Å². The third-order valence-electron chi connectivity index (χ3n) is 1.60. The molecule has 2 aliphatic rings. The number of nitrogens with zero attached hydrogens (tertiary/aromatic N) is 2. The molecule has 0 saturated heterocycles. The van der Waals surface area contributed by atoms with Crippen molar-refractivity contribution in [3.8, 4) is 0 Å². The predicted octanol–water partition coefficient (Wildman–Crippen LogP) is 0.973. The number of rotatable bonds is 0. The topological polar surface area (TPSA) is 50.7 Å². The van der Waals surface area contributed by atoms with E-state index < -0.39 is 0 Å². The van der Waals surface area contributed by atoms with Crippen LogP contribution in [0.25, 0.3) is 0 Å². The summed E-state index contributed by atoms with van der Waals surface area (Å²) < 4.78 is 0.942. The van der Waals surface area contributed by atoms with Crippen molar-refractivity contribution < 1.29 is 0 Å². The molecule has 2 N–H and O–H groups in total. The summed E-state index contributed by atoms with van der Waals surface area (Å²) in [5.74, 6) is 0. The Kier molecular flexibility index (Phi) is 1.42. The molecule has 0 spiro atoms. The lowest BCUT2D eigenvalue weighted by atomic mass is 10.1. The monoisotopic (exact) mass is 211 g/mol. The van der Waals surface area contributed by atoms with E-state index in [1.165, 1.54) is 0 Å². The van der Waals surface area contributed by atoms with Gasteiger partial charge in [-0.3, -0.25) is 9.98 Å². The van der Waals surface area contributed by atoms with Crippen molar-refractivity contribution in [1.29, 1.82) is 0 Å². The Bertz CT molecular complexity index is 312. The van der Waals surface area contributed by atoms with E-state index in [4.69, 9.17) is 5.73 Å². The maximum absolute atomic E-state index is 5.64. The molecule has 0 aromatic rings. The summed E-state index contributed by atoms with van der Waals surface area (Å²) >= 11 is 3.32. The van der Waals surface area contributed by atoms with Crippen LogP contribution in [0.5, 0.6) is 0 Å². The second kappa shape index (κ2) is 2.30. The predicted molar refractivity (Wildman–Crippen MR) is 49.0 cm³/mol. The molecule has 1 atom stereocenters. The smallest absolute Gasteiger partial charge is 0.167 e. The molecule has 0 aliphatic carbocycles. The molecule has 3 nitrogen and oxygen atoms in total. The summed E-state index contributed by atoms with van der Waals surface area (Å²) in [5, 5.41) is 0. The van der Waals surface area contributed by atoms with Crippen molar-refractivity contribution in [2.45, 2.75) is 6.17 Å². The van der Waals surface area contributed by atoms with Gasteiger partial charge >= 0.3 is 0 Å². The molecule has 4 heteroatoms. The molecule has 0 aromatic carbocycles. The highest BCUT2D eigenvalue weighted by Crippen LogP contribution is 2.23.